The van der Waals surface area contributed by atoms with Gasteiger partial charge in [-0.3, -0.25) is 0 Å². The molecule has 3 aromatic carbocycles. The average Bonchev–Trinajstić information content (AvgIpc) is 2.87. The Kier molecular flexibility index (Phi) is 8.72. The fourth-order valence-corrected chi connectivity index (χ4v) is 3.76. The molecule has 0 fully saturated rings. The molecular weight excluding hydrogens is 418 g/mol. The Balaban J connectivity index is 1.68. The number of nitrogens with one attached hydrogen (secondary N) is 1. The van der Waals surface area contributed by atoms with Crippen LogP contribution in [0.4, 0.5) is 0 Å². The molecule has 0 unspecified atom stereocenters. The molecule has 0 aliphatic rings. The van der Waals surface area contributed by atoms with Gasteiger partial charge in [-0.1, -0.05) is 42.5 Å². The van der Waals surface area contributed by atoms with Gasteiger partial charge in [-0.05, 0) is 60.9 Å². The first-order valence-electron chi connectivity index (χ1n) is 11.1. The maximum absolute atomic E-state index is 11.9. The predicted octanol–water partition coefficient (Wildman–Crippen LogP) is 3.75. The van der Waals surface area contributed by atoms with Gasteiger partial charge in [0.25, 0.3) is 0 Å². The highest BCUT2D eigenvalue weighted by Crippen LogP contribution is 2.36. The summed E-state index contributed by atoms with van der Waals surface area (Å²) in [4.78, 5) is 0. The molecule has 0 saturated carbocycles. The van der Waals surface area contributed by atoms with Crippen LogP contribution in [0.3, 0.4) is 0 Å². The number of benzene rings is 3. The molecule has 3 N–H and O–H groups in total. The number of para-hydroxylation sites is 1. The van der Waals surface area contributed by atoms with Crippen molar-refractivity contribution in [2.75, 3.05) is 27.4 Å². The predicted molar refractivity (Wildman–Crippen MR) is 129 cm³/mol. The Hall–Kier alpha value is -3.06. The third-order valence-corrected chi connectivity index (χ3v) is 5.62. The van der Waals surface area contributed by atoms with Crippen molar-refractivity contribution >= 4 is 0 Å². The Morgan fingerprint density at radius 2 is 1.30 bits per heavy atom. The summed E-state index contributed by atoms with van der Waals surface area (Å²) in [6.45, 7) is 2.52. The fourth-order valence-electron chi connectivity index (χ4n) is 3.76. The first-order valence-corrected chi connectivity index (χ1v) is 11.1. The van der Waals surface area contributed by atoms with E-state index in [1.165, 1.54) is 0 Å². The van der Waals surface area contributed by atoms with Crippen molar-refractivity contribution in [1.82, 2.24) is 5.32 Å². The van der Waals surface area contributed by atoms with Gasteiger partial charge < -0.3 is 29.7 Å². The molecule has 33 heavy (non-hydrogen) atoms. The number of rotatable bonds is 12. The lowest BCUT2D eigenvalue weighted by molar-refractivity contribution is 0.0557. The molecule has 0 spiro atoms. The second kappa shape index (κ2) is 11.7. The summed E-state index contributed by atoms with van der Waals surface area (Å²) in [6.07, 6.45) is -0.277. The van der Waals surface area contributed by atoms with Gasteiger partial charge >= 0.3 is 0 Å². The van der Waals surface area contributed by atoms with Gasteiger partial charge in [0.05, 0.1) is 14.2 Å². The lowest BCUT2D eigenvalue weighted by Gasteiger charge is -2.33. The van der Waals surface area contributed by atoms with Crippen LogP contribution in [0.1, 0.15) is 24.5 Å². The summed E-state index contributed by atoms with van der Waals surface area (Å²) in [6, 6.07) is 24.2. The Bertz CT molecular complexity index is 913. The molecule has 0 aliphatic carbocycles. The zero-order valence-corrected chi connectivity index (χ0v) is 19.4. The van der Waals surface area contributed by atoms with Gasteiger partial charge in [0.2, 0.25) is 0 Å². The number of hydrogen-bond donors (Lipinski definition) is 3. The van der Waals surface area contributed by atoms with Gasteiger partial charge in [0, 0.05) is 12.6 Å². The molecular formula is C27H33NO5. The molecule has 0 radical (unpaired) electrons. The van der Waals surface area contributed by atoms with Crippen molar-refractivity contribution in [3.63, 3.8) is 0 Å². The van der Waals surface area contributed by atoms with E-state index in [-0.39, 0.29) is 12.6 Å². The summed E-state index contributed by atoms with van der Waals surface area (Å²) >= 11 is 0. The minimum atomic E-state index is -1.24. The van der Waals surface area contributed by atoms with Crippen LogP contribution < -0.4 is 19.5 Å². The minimum Gasteiger partial charge on any atom is -0.497 e. The van der Waals surface area contributed by atoms with Gasteiger partial charge in [-0.25, -0.2) is 0 Å². The van der Waals surface area contributed by atoms with Crippen LogP contribution in [0, 0.1) is 0 Å². The van der Waals surface area contributed by atoms with Crippen molar-refractivity contribution in [3.8, 4) is 17.2 Å². The Labute approximate surface area is 195 Å². The van der Waals surface area contributed by atoms with Crippen LogP contribution in [0.15, 0.2) is 78.9 Å². The Morgan fingerprint density at radius 3 is 1.79 bits per heavy atom. The molecule has 3 rings (SSSR count). The van der Waals surface area contributed by atoms with Gasteiger partial charge in [-0.2, -0.15) is 0 Å². The van der Waals surface area contributed by atoms with Crippen LogP contribution >= 0.6 is 0 Å². The number of aliphatic hydroxyl groups is 2. The van der Waals surface area contributed by atoms with Crippen molar-refractivity contribution in [1.29, 1.82) is 0 Å². The fraction of sp³-hybridized carbons (Fsp3) is 0.333. The van der Waals surface area contributed by atoms with Crippen molar-refractivity contribution in [3.05, 3.63) is 90.0 Å². The molecule has 0 saturated heterocycles. The van der Waals surface area contributed by atoms with Gasteiger partial charge in [0.1, 0.15) is 35.6 Å². The van der Waals surface area contributed by atoms with Crippen LogP contribution in [0.25, 0.3) is 0 Å². The summed E-state index contributed by atoms with van der Waals surface area (Å²) in [5.74, 6) is 2.17. The molecule has 176 valence electrons. The number of aliphatic hydroxyl groups excluding tert-OH is 1. The third-order valence-electron chi connectivity index (χ3n) is 5.62. The number of methoxy groups -OCH3 is 2. The SMILES string of the molecule is COc1ccc(C(O)(C[C@H](C)NC[C@H](O)COc2ccccc2)c2ccc(OC)cc2)cc1. The molecule has 0 heterocycles. The monoisotopic (exact) mass is 451 g/mol. The van der Waals surface area contributed by atoms with Crippen LogP contribution in [0.2, 0.25) is 0 Å². The standard InChI is InChI=1S/C27H33NO5/c1-20(28-18-23(29)19-33-26-7-5-4-6-8-26)17-27(30,21-9-13-24(31-2)14-10-21)22-11-15-25(32-3)16-12-22/h4-16,20,23,28-30H,17-19H2,1-3H3/t20-,23-/m0/s1. The van der Waals surface area contributed by atoms with Gasteiger partial charge in [-0.15, -0.1) is 0 Å². The molecule has 6 heteroatoms. The first kappa shape index (κ1) is 24.6. The van der Waals surface area contributed by atoms with Crippen LogP contribution in [0.5, 0.6) is 17.2 Å². The molecule has 0 aromatic heterocycles. The Morgan fingerprint density at radius 1 is 0.788 bits per heavy atom. The molecule has 2 atom stereocenters. The topological polar surface area (TPSA) is 80.2 Å². The maximum atomic E-state index is 11.9. The second-order valence-corrected chi connectivity index (χ2v) is 8.11. The second-order valence-electron chi connectivity index (χ2n) is 8.11. The quantitative estimate of drug-likeness (QED) is 0.389. The molecule has 6 nitrogen and oxygen atoms in total. The third kappa shape index (κ3) is 6.71. The zero-order valence-electron chi connectivity index (χ0n) is 19.4. The highest BCUT2D eigenvalue weighted by atomic mass is 16.5. The normalized spacial score (nSPS) is 13.2. The van der Waals surface area contributed by atoms with E-state index >= 15 is 0 Å². The largest absolute Gasteiger partial charge is 0.497 e. The number of ether oxygens (including phenoxy) is 3. The van der Waals surface area contributed by atoms with Crippen molar-refractivity contribution < 1.29 is 24.4 Å². The minimum absolute atomic E-state index is 0.0921. The van der Waals surface area contributed by atoms with E-state index in [1.54, 1.807) is 14.2 Å². The van der Waals surface area contributed by atoms with Crippen LogP contribution in [-0.4, -0.2) is 49.7 Å². The summed E-state index contributed by atoms with van der Waals surface area (Å²) < 4.78 is 16.2. The molecule has 0 bridgehead atoms. The summed E-state index contributed by atoms with van der Waals surface area (Å²) in [5, 5.41) is 25.5. The van der Waals surface area contributed by atoms with E-state index in [0.717, 1.165) is 28.4 Å². The van der Waals surface area contributed by atoms with Crippen molar-refractivity contribution in [2.24, 2.45) is 0 Å². The van der Waals surface area contributed by atoms with Crippen molar-refractivity contribution in [2.45, 2.75) is 31.1 Å². The molecule has 0 aliphatic heterocycles. The summed E-state index contributed by atoms with van der Waals surface area (Å²) in [5.41, 5.74) is 0.279. The summed E-state index contributed by atoms with van der Waals surface area (Å²) in [7, 11) is 3.23. The average molecular weight is 452 g/mol. The molecule has 3 aromatic rings. The van der Waals surface area contributed by atoms with Gasteiger partial charge in [0.15, 0.2) is 0 Å². The zero-order chi connectivity index (χ0) is 23.7. The van der Waals surface area contributed by atoms with E-state index in [0.29, 0.717) is 13.0 Å². The highest BCUT2D eigenvalue weighted by molar-refractivity contribution is 5.41. The molecule has 0 amide bonds. The lowest BCUT2D eigenvalue weighted by Crippen LogP contribution is -2.41. The van der Waals surface area contributed by atoms with E-state index in [1.807, 2.05) is 85.8 Å². The van der Waals surface area contributed by atoms with Crippen LogP contribution in [-0.2, 0) is 5.60 Å². The van der Waals surface area contributed by atoms with E-state index in [2.05, 4.69) is 5.32 Å². The van der Waals surface area contributed by atoms with E-state index < -0.39 is 11.7 Å². The first-order chi connectivity index (χ1) is 15.9. The van der Waals surface area contributed by atoms with E-state index in [4.69, 9.17) is 14.2 Å². The smallest absolute Gasteiger partial charge is 0.119 e. The highest BCUT2D eigenvalue weighted by Gasteiger charge is 2.33. The number of hydrogen-bond acceptors (Lipinski definition) is 6. The lowest BCUT2D eigenvalue weighted by atomic mass is 9.81. The van der Waals surface area contributed by atoms with E-state index in [9.17, 15) is 10.2 Å². The maximum Gasteiger partial charge on any atom is 0.119 e.